The molecule has 2 aliphatic rings. The Hall–Kier alpha value is -3.63. The van der Waals surface area contributed by atoms with E-state index in [1.165, 1.54) is 10.9 Å². The number of pyridine rings is 1. The molecule has 1 unspecified atom stereocenters. The average Bonchev–Trinajstić information content (AvgIpc) is 3.76. The minimum atomic E-state index is -0.768. The van der Waals surface area contributed by atoms with Gasteiger partial charge in [0.25, 0.3) is 5.91 Å². The van der Waals surface area contributed by atoms with Crippen molar-refractivity contribution in [3.8, 4) is 11.1 Å². The van der Waals surface area contributed by atoms with Gasteiger partial charge in [-0.05, 0) is 83.3 Å². The fourth-order valence-electron chi connectivity index (χ4n) is 5.07. The van der Waals surface area contributed by atoms with Gasteiger partial charge in [-0.3, -0.25) is 14.7 Å². The van der Waals surface area contributed by atoms with Crippen molar-refractivity contribution in [2.24, 2.45) is 17.8 Å². The lowest BCUT2D eigenvalue weighted by Gasteiger charge is -2.27. The molecule has 3 aromatic heterocycles. The van der Waals surface area contributed by atoms with Gasteiger partial charge in [0.15, 0.2) is 0 Å². The highest BCUT2D eigenvalue weighted by Crippen LogP contribution is 2.51. The molecular weight excluding hydrogens is 463 g/mol. The zero-order valence-corrected chi connectivity index (χ0v) is 20.9. The Morgan fingerprint density at radius 2 is 1.83 bits per heavy atom. The fraction of sp³-hybridized carbons (Fsp3) is 0.520. The molecular formula is C25H31FN8O2. The first kappa shape index (κ1) is 24.1. The molecule has 2 fully saturated rings. The number of carbonyl (C=O) groups excluding carboxylic acids is 2. The molecule has 2 saturated carbocycles. The second-order valence-electron chi connectivity index (χ2n) is 10.2. The highest BCUT2D eigenvalue weighted by atomic mass is 19.1. The Bertz CT molecular complexity index is 1260. The zero-order chi connectivity index (χ0) is 25.6. The average molecular weight is 495 g/mol. The number of aryl methyl sites for hydroxylation is 2. The van der Waals surface area contributed by atoms with Crippen molar-refractivity contribution in [3.63, 3.8) is 0 Å². The van der Waals surface area contributed by atoms with Crippen molar-refractivity contribution in [2.45, 2.75) is 65.5 Å². The number of aromatic nitrogens is 6. The molecule has 36 heavy (non-hydrogen) atoms. The van der Waals surface area contributed by atoms with Crippen LogP contribution in [-0.4, -0.2) is 48.0 Å². The summed E-state index contributed by atoms with van der Waals surface area (Å²) in [7, 11) is 0. The van der Waals surface area contributed by atoms with Crippen molar-refractivity contribution in [3.05, 3.63) is 41.4 Å². The minimum absolute atomic E-state index is 0.0256. The molecule has 3 aromatic rings. The van der Waals surface area contributed by atoms with Gasteiger partial charge in [-0.1, -0.05) is 5.21 Å². The quantitative estimate of drug-likeness (QED) is 0.390. The number of hydrogen-bond donors (Lipinski definition) is 3. The van der Waals surface area contributed by atoms with Gasteiger partial charge in [0.05, 0.1) is 11.9 Å². The van der Waals surface area contributed by atoms with E-state index in [9.17, 15) is 14.0 Å². The molecule has 3 heterocycles. The number of rotatable bonds is 9. The van der Waals surface area contributed by atoms with E-state index in [1.807, 2.05) is 20.8 Å². The maximum Gasteiger partial charge on any atom is 0.271 e. The molecule has 1 atom stereocenters. The first-order chi connectivity index (χ1) is 17.2. The van der Waals surface area contributed by atoms with Crippen LogP contribution in [-0.2, 0) is 4.79 Å². The molecule has 2 amide bonds. The summed E-state index contributed by atoms with van der Waals surface area (Å²) < 4.78 is 16.5. The largest absolute Gasteiger partial charge is 0.339 e. The summed E-state index contributed by atoms with van der Waals surface area (Å²) in [4.78, 5) is 30.7. The molecule has 3 N–H and O–H groups in total. The van der Waals surface area contributed by atoms with Gasteiger partial charge in [0.2, 0.25) is 11.9 Å². The van der Waals surface area contributed by atoms with Gasteiger partial charge in [0, 0.05) is 22.9 Å². The topological polar surface area (TPSA) is 130 Å². The Kier molecular flexibility index (Phi) is 6.31. The molecule has 0 aromatic carbocycles. The molecule has 190 valence electrons. The monoisotopic (exact) mass is 494 g/mol. The van der Waals surface area contributed by atoms with Crippen molar-refractivity contribution in [1.82, 2.24) is 35.5 Å². The highest BCUT2D eigenvalue weighted by molar-refractivity contribution is 6.00. The second kappa shape index (κ2) is 9.44. The molecule has 10 nitrogen and oxygen atoms in total. The molecule has 2 aliphatic carbocycles. The SMILES string of the molecule is Cc1n[nH]c(C)c1-c1ccc(NC(=O)C(NC(=O)c2cnnn2C(C)C)C(C2CC2)C2CC2)nc1F. The predicted molar refractivity (Wildman–Crippen MR) is 130 cm³/mol. The number of hydrogen-bond acceptors (Lipinski definition) is 6. The summed E-state index contributed by atoms with van der Waals surface area (Å²) in [5.74, 6) is -0.599. The molecule has 0 saturated heterocycles. The number of carbonyl (C=O) groups is 2. The third-order valence-electron chi connectivity index (χ3n) is 7.08. The van der Waals surface area contributed by atoms with Gasteiger partial charge < -0.3 is 10.6 Å². The summed E-state index contributed by atoms with van der Waals surface area (Å²) >= 11 is 0. The van der Waals surface area contributed by atoms with Crippen LogP contribution >= 0.6 is 0 Å². The maximum atomic E-state index is 15.0. The lowest BCUT2D eigenvalue weighted by Crippen LogP contribution is -2.50. The van der Waals surface area contributed by atoms with Crippen LogP contribution in [0.3, 0.4) is 0 Å². The van der Waals surface area contributed by atoms with Gasteiger partial charge in [-0.25, -0.2) is 9.67 Å². The smallest absolute Gasteiger partial charge is 0.271 e. The standard InChI is InChI=1S/C25H31FN8O2/c1-12(2)34-18(11-27-33-34)24(35)30-22(21(15-5-6-15)16-7-8-16)25(36)29-19-10-9-17(23(26)28-19)20-13(3)31-32-14(20)4/h9-12,15-16,21-22H,5-8H2,1-4H3,(H,30,35)(H,31,32)(H,28,29,36). The van der Waals surface area contributed by atoms with Crippen molar-refractivity contribution in [2.75, 3.05) is 5.32 Å². The molecule has 5 rings (SSSR count). The highest BCUT2D eigenvalue weighted by Gasteiger charge is 2.48. The van der Waals surface area contributed by atoms with E-state index in [1.54, 1.807) is 19.1 Å². The summed E-state index contributed by atoms with van der Waals surface area (Å²) in [6.45, 7) is 7.42. The van der Waals surface area contributed by atoms with Crippen molar-refractivity contribution in [1.29, 1.82) is 0 Å². The number of anilines is 1. The summed E-state index contributed by atoms with van der Waals surface area (Å²) in [5, 5.41) is 20.5. The van der Waals surface area contributed by atoms with Crippen LogP contribution < -0.4 is 10.6 Å². The van der Waals surface area contributed by atoms with Gasteiger partial charge >= 0.3 is 0 Å². The number of nitrogens with one attached hydrogen (secondary N) is 3. The maximum absolute atomic E-state index is 15.0. The number of nitrogens with zero attached hydrogens (tertiary/aromatic N) is 5. The Balaban J connectivity index is 1.39. The number of aromatic amines is 1. The minimum Gasteiger partial charge on any atom is -0.339 e. The van der Waals surface area contributed by atoms with Crippen molar-refractivity contribution < 1.29 is 14.0 Å². The number of H-pyrrole nitrogens is 1. The van der Waals surface area contributed by atoms with E-state index in [0.29, 0.717) is 34.4 Å². The van der Waals surface area contributed by atoms with Crippen LogP contribution in [0.15, 0.2) is 18.3 Å². The third kappa shape index (κ3) is 4.74. The zero-order valence-electron chi connectivity index (χ0n) is 20.9. The van der Waals surface area contributed by atoms with Crippen molar-refractivity contribution >= 4 is 17.6 Å². The summed E-state index contributed by atoms with van der Waals surface area (Å²) in [5.41, 5.74) is 2.66. The Morgan fingerprint density at radius 3 is 2.39 bits per heavy atom. The lowest BCUT2D eigenvalue weighted by atomic mass is 9.88. The van der Waals surface area contributed by atoms with Crippen LogP contribution in [0, 0.1) is 37.5 Å². The third-order valence-corrected chi connectivity index (χ3v) is 7.08. The second-order valence-corrected chi connectivity index (χ2v) is 10.2. The molecule has 0 bridgehead atoms. The number of amides is 2. The van der Waals surface area contributed by atoms with Crippen LogP contribution in [0.2, 0.25) is 0 Å². The van der Waals surface area contributed by atoms with Crippen LogP contribution in [0.25, 0.3) is 11.1 Å². The van der Waals surface area contributed by atoms with Crippen LogP contribution in [0.4, 0.5) is 10.2 Å². The van der Waals surface area contributed by atoms with E-state index in [2.05, 4.69) is 36.1 Å². The summed E-state index contributed by atoms with van der Waals surface area (Å²) in [6.07, 6.45) is 5.56. The van der Waals surface area contributed by atoms with E-state index >= 15 is 0 Å². The molecule has 0 spiro atoms. The van der Waals surface area contributed by atoms with Gasteiger partial charge in [-0.2, -0.15) is 9.49 Å². The van der Waals surface area contributed by atoms with Gasteiger partial charge in [0.1, 0.15) is 17.6 Å². The molecule has 0 aliphatic heterocycles. The normalized spacial score (nSPS) is 16.4. The van der Waals surface area contributed by atoms with E-state index in [0.717, 1.165) is 31.4 Å². The molecule has 0 radical (unpaired) electrons. The number of halogens is 1. The Labute approximate surface area is 208 Å². The van der Waals surface area contributed by atoms with E-state index in [-0.39, 0.29) is 17.8 Å². The fourth-order valence-corrected chi connectivity index (χ4v) is 5.07. The van der Waals surface area contributed by atoms with Crippen LogP contribution in [0.1, 0.15) is 67.4 Å². The summed E-state index contributed by atoms with van der Waals surface area (Å²) in [6, 6.07) is 2.33. The van der Waals surface area contributed by atoms with E-state index in [4.69, 9.17) is 0 Å². The molecule has 11 heteroatoms. The first-order valence-corrected chi connectivity index (χ1v) is 12.4. The predicted octanol–water partition coefficient (Wildman–Crippen LogP) is 3.57. The van der Waals surface area contributed by atoms with Crippen LogP contribution in [0.5, 0.6) is 0 Å². The lowest BCUT2D eigenvalue weighted by molar-refractivity contribution is -0.119. The van der Waals surface area contributed by atoms with E-state index < -0.39 is 23.8 Å². The Morgan fingerprint density at radius 1 is 1.14 bits per heavy atom. The first-order valence-electron chi connectivity index (χ1n) is 12.4. The van der Waals surface area contributed by atoms with Gasteiger partial charge in [-0.15, -0.1) is 5.10 Å².